The van der Waals surface area contributed by atoms with Crippen molar-refractivity contribution < 1.29 is 33.6 Å². The summed E-state index contributed by atoms with van der Waals surface area (Å²) in [6.07, 6.45) is 8.65. The first-order chi connectivity index (χ1) is 18.6. The van der Waals surface area contributed by atoms with Gasteiger partial charge in [-0.15, -0.1) is 11.8 Å². The number of rotatable bonds is 20. The number of unbranched alkanes of at least 4 members (excludes halogenated alkanes) is 5. The molecule has 0 aliphatic carbocycles. The summed E-state index contributed by atoms with van der Waals surface area (Å²) in [6.45, 7) is 4.84. The van der Waals surface area contributed by atoms with Crippen LogP contribution in [0.5, 0.6) is 0 Å². The molecule has 1 heterocycles. The van der Waals surface area contributed by atoms with E-state index in [-0.39, 0.29) is 30.0 Å². The zero-order chi connectivity index (χ0) is 29.2. The van der Waals surface area contributed by atoms with Crippen LogP contribution < -0.4 is 21.3 Å². The number of hydrogen-bond donors (Lipinski definition) is 4. The van der Waals surface area contributed by atoms with Crippen LogP contribution in [0.1, 0.15) is 72.1 Å². The second-order valence-corrected chi connectivity index (χ2v) is 10.4. The number of carbonyl (C=O) groups excluding carboxylic acids is 7. The molecule has 13 heteroatoms. The normalized spacial score (nSPS) is 14.9. The minimum absolute atomic E-state index is 0.179. The summed E-state index contributed by atoms with van der Waals surface area (Å²) in [7, 11) is 0. The van der Waals surface area contributed by atoms with Gasteiger partial charge in [0.15, 0.2) is 0 Å². The Kier molecular flexibility index (Phi) is 16.4. The fraction of sp³-hybridized carbons (Fsp3) is 0.654. The highest BCUT2D eigenvalue weighted by Gasteiger charge is 2.24. The predicted molar refractivity (Wildman–Crippen MR) is 147 cm³/mol. The van der Waals surface area contributed by atoms with Crippen LogP contribution in [0.4, 0.5) is 0 Å². The molecule has 39 heavy (non-hydrogen) atoms. The van der Waals surface area contributed by atoms with Gasteiger partial charge in [-0.25, -0.2) is 0 Å². The number of aldehydes is 1. The number of carbonyl (C=O) groups is 7. The number of nitrogens with zero attached hydrogens (tertiary/aromatic N) is 1. The molecule has 0 aromatic rings. The molecule has 0 saturated carbocycles. The Morgan fingerprint density at radius 1 is 0.795 bits per heavy atom. The maximum absolute atomic E-state index is 12.4. The maximum atomic E-state index is 12.4. The van der Waals surface area contributed by atoms with Gasteiger partial charge >= 0.3 is 0 Å². The van der Waals surface area contributed by atoms with E-state index in [1.807, 2.05) is 0 Å². The number of amides is 6. The highest BCUT2D eigenvalue weighted by atomic mass is 32.2. The number of nitrogens with one attached hydrogen (secondary N) is 4. The zero-order valence-electron chi connectivity index (χ0n) is 23.0. The predicted octanol–water partition coefficient (Wildman–Crippen LogP) is 0.552. The van der Waals surface area contributed by atoms with Crippen molar-refractivity contribution in [2.24, 2.45) is 0 Å². The minimum atomic E-state index is -0.918. The van der Waals surface area contributed by atoms with Crippen LogP contribution in [0.3, 0.4) is 0 Å². The summed E-state index contributed by atoms with van der Waals surface area (Å²) in [5.74, 6) is -1.13. The van der Waals surface area contributed by atoms with Crippen molar-refractivity contribution in [3.63, 3.8) is 0 Å². The molecule has 4 N–H and O–H groups in total. The second-order valence-electron chi connectivity index (χ2n) is 9.33. The Hall–Kier alpha value is -3.22. The van der Waals surface area contributed by atoms with Gasteiger partial charge in [-0.3, -0.25) is 33.7 Å². The molecule has 0 radical (unpaired) electrons. The first-order valence-electron chi connectivity index (χ1n) is 13.3. The van der Waals surface area contributed by atoms with Gasteiger partial charge in [0.1, 0.15) is 24.4 Å². The highest BCUT2D eigenvalue weighted by molar-refractivity contribution is 7.99. The SMILES string of the molecule is C[C@H](NC(=O)CCCCCN1C(=O)C=CC1=O)C(=O)N[C@H](C)C(=O)N[C@@H](C)C(=O)NCSCCCCCC=O. The van der Waals surface area contributed by atoms with Gasteiger partial charge in [0.25, 0.3) is 11.8 Å². The van der Waals surface area contributed by atoms with Crippen LogP contribution >= 0.6 is 11.8 Å². The third-order valence-electron chi connectivity index (χ3n) is 5.92. The average molecular weight is 568 g/mol. The third-order valence-corrected chi connectivity index (χ3v) is 6.85. The Morgan fingerprint density at radius 2 is 1.36 bits per heavy atom. The fourth-order valence-corrected chi connectivity index (χ4v) is 4.32. The number of imide groups is 1. The smallest absolute Gasteiger partial charge is 0.253 e. The van der Waals surface area contributed by atoms with Gasteiger partial charge in [0.05, 0.1) is 5.88 Å². The molecule has 0 fully saturated rings. The first kappa shape index (κ1) is 33.8. The zero-order valence-corrected chi connectivity index (χ0v) is 23.8. The van der Waals surface area contributed by atoms with E-state index in [4.69, 9.17) is 0 Å². The lowest BCUT2D eigenvalue weighted by Crippen LogP contribution is -2.54. The summed E-state index contributed by atoms with van der Waals surface area (Å²) < 4.78 is 0. The van der Waals surface area contributed by atoms with Gasteiger partial charge in [0, 0.05) is 31.5 Å². The topological polar surface area (TPSA) is 171 Å². The Labute approximate surface area is 233 Å². The molecule has 1 aliphatic rings. The standard InChI is InChI=1S/C26H41N5O7S/c1-18(24(36)27-17-39-16-10-5-4-9-15-32)29-26(38)20(3)30-25(37)19(2)28-21(33)11-7-6-8-14-31-22(34)12-13-23(31)35/h12-13,15,18-20H,4-11,14,16-17H2,1-3H3,(H,27,36)(H,28,33)(H,29,38)(H,30,37)/t18-,19-,20+/m0/s1. The lowest BCUT2D eigenvalue weighted by Gasteiger charge is -2.20. The van der Waals surface area contributed by atoms with Gasteiger partial charge in [-0.05, 0) is 52.2 Å². The quantitative estimate of drug-likeness (QED) is 0.0715. The summed E-state index contributed by atoms with van der Waals surface area (Å²) >= 11 is 1.56. The van der Waals surface area contributed by atoms with Crippen molar-refractivity contribution in [3.8, 4) is 0 Å². The molecule has 0 spiro atoms. The average Bonchev–Trinajstić information content (AvgIpc) is 3.21. The number of hydrogen-bond acceptors (Lipinski definition) is 8. The Bertz CT molecular complexity index is 893. The minimum Gasteiger partial charge on any atom is -0.345 e. The van der Waals surface area contributed by atoms with Crippen LogP contribution in [-0.4, -0.2) is 82.9 Å². The van der Waals surface area contributed by atoms with Crippen LogP contribution in [0, 0.1) is 0 Å². The number of thioether (sulfide) groups is 1. The molecule has 0 bridgehead atoms. The van der Waals surface area contributed by atoms with Crippen LogP contribution in [0.25, 0.3) is 0 Å². The van der Waals surface area contributed by atoms with Gasteiger partial charge < -0.3 is 26.1 Å². The molecular weight excluding hydrogens is 526 g/mol. The molecule has 218 valence electrons. The van der Waals surface area contributed by atoms with Crippen molar-refractivity contribution in [3.05, 3.63) is 12.2 Å². The van der Waals surface area contributed by atoms with Crippen molar-refractivity contribution in [1.29, 1.82) is 0 Å². The lowest BCUT2D eigenvalue weighted by atomic mass is 10.1. The van der Waals surface area contributed by atoms with E-state index in [0.717, 1.165) is 36.2 Å². The molecule has 0 aromatic carbocycles. The lowest BCUT2D eigenvalue weighted by molar-refractivity contribution is -0.137. The van der Waals surface area contributed by atoms with E-state index in [1.165, 1.54) is 26.0 Å². The van der Waals surface area contributed by atoms with E-state index in [1.54, 1.807) is 18.7 Å². The van der Waals surface area contributed by atoms with Crippen molar-refractivity contribution in [2.45, 2.75) is 90.3 Å². The molecule has 3 atom stereocenters. The maximum Gasteiger partial charge on any atom is 0.253 e. The molecule has 1 rings (SSSR count). The van der Waals surface area contributed by atoms with Crippen molar-refractivity contribution in [1.82, 2.24) is 26.2 Å². The molecule has 6 amide bonds. The van der Waals surface area contributed by atoms with Gasteiger partial charge in [-0.1, -0.05) is 12.8 Å². The Morgan fingerprint density at radius 3 is 1.97 bits per heavy atom. The van der Waals surface area contributed by atoms with Gasteiger partial charge in [0.2, 0.25) is 23.6 Å². The molecule has 1 aliphatic heterocycles. The largest absolute Gasteiger partial charge is 0.345 e. The van der Waals surface area contributed by atoms with E-state index < -0.39 is 29.9 Å². The first-order valence-corrected chi connectivity index (χ1v) is 14.4. The van der Waals surface area contributed by atoms with E-state index in [2.05, 4.69) is 21.3 Å². The monoisotopic (exact) mass is 567 g/mol. The van der Waals surface area contributed by atoms with E-state index in [0.29, 0.717) is 38.1 Å². The van der Waals surface area contributed by atoms with E-state index >= 15 is 0 Å². The molecular formula is C26H41N5O7S. The van der Waals surface area contributed by atoms with Crippen LogP contribution in [0.15, 0.2) is 12.2 Å². The van der Waals surface area contributed by atoms with Crippen molar-refractivity contribution in [2.75, 3.05) is 18.2 Å². The van der Waals surface area contributed by atoms with E-state index in [9.17, 15) is 33.6 Å². The Balaban J connectivity index is 2.20. The molecule has 12 nitrogen and oxygen atoms in total. The van der Waals surface area contributed by atoms with Crippen LogP contribution in [0.2, 0.25) is 0 Å². The molecule has 0 aromatic heterocycles. The summed E-state index contributed by atoms with van der Waals surface area (Å²) in [5, 5.41) is 10.4. The van der Waals surface area contributed by atoms with Crippen LogP contribution in [-0.2, 0) is 33.6 Å². The second kappa shape index (κ2) is 18.9. The third kappa shape index (κ3) is 13.9. The highest BCUT2D eigenvalue weighted by Crippen LogP contribution is 2.08. The summed E-state index contributed by atoms with van der Waals surface area (Å²) in [6, 6.07) is -2.58. The molecule has 0 unspecified atom stereocenters. The summed E-state index contributed by atoms with van der Waals surface area (Å²) in [5.41, 5.74) is 0. The molecule has 0 saturated heterocycles. The van der Waals surface area contributed by atoms with Gasteiger partial charge in [-0.2, -0.15) is 0 Å². The summed E-state index contributed by atoms with van der Waals surface area (Å²) in [4.78, 5) is 83.6. The fourth-order valence-electron chi connectivity index (χ4n) is 3.53. The van der Waals surface area contributed by atoms with Crippen molar-refractivity contribution >= 4 is 53.5 Å².